The number of nitrogens with zero attached hydrogens (tertiary/aromatic N) is 1. The van der Waals surface area contributed by atoms with Gasteiger partial charge in [-0.1, -0.05) is 0 Å². The summed E-state index contributed by atoms with van der Waals surface area (Å²) >= 11 is 0. The second kappa shape index (κ2) is 5.23. The molecule has 0 aromatic carbocycles. The molecule has 2 rings (SSSR count). The molecule has 0 atom stereocenters. The first kappa shape index (κ1) is 12.0. The van der Waals surface area contributed by atoms with E-state index in [1.165, 1.54) is 12.3 Å². The predicted molar refractivity (Wildman–Crippen MR) is 61.9 cm³/mol. The number of nitrogens with one attached hydrogen (secondary N) is 1. The molecular formula is C12H16FN3O. The quantitative estimate of drug-likeness (QED) is 0.760. The van der Waals surface area contributed by atoms with Crippen molar-refractivity contribution in [2.75, 3.05) is 0 Å². The molecule has 1 aromatic rings. The molecule has 0 radical (unpaired) electrons. The van der Waals surface area contributed by atoms with Gasteiger partial charge < -0.3 is 11.1 Å². The van der Waals surface area contributed by atoms with Crippen molar-refractivity contribution < 1.29 is 9.18 Å². The second-order valence-corrected chi connectivity index (χ2v) is 4.43. The van der Waals surface area contributed by atoms with E-state index in [9.17, 15) is 9.18 Å². The number of nitrogens with two attached hydrogens (primary N) is 1. The highest BCUT2D eigenvalue weighted by atomic mass is 19.1. The van der Waals surface area contributed by atoms with Crippen molar-refractivity contribution in [3.05, 3.63) is 29.8 Å². The Morgan fingerprint density at radius 2 is 2.12 bits per heavy atom. The molecule has 92 valence electrons. The molecule has 0 spiro atoms. The van der Waals surface area contributed by atoms with Gasteiger partial charge in [0.2, 0.25) is 5.95 Å². The zero-order valence-corrected chi connectivity index (χ0v) is 9.53. The molecular weight excluding hydrogens is 221 g/mol. The van der Waals surface area contributed by atoms with Crippen LogP contribution in [0.15, 0.2) is 18.3 Å². The number of amides is 1. The van der Waals surface area contributed by atoms with Gasteiger partial charge in [0, 0.05) is 18.3 Å². The van der Waals surface area contributed by atoms with Crippen molar-refractivity contribution in [2.45, 2.75) is 37.8 Å². The van der Waals surface area contributed by atoms with Crippen LogP contribution in [0.25, 0.3) is 0 Å². The monoisotopic (exact) mass is 237 g/mol. The fraction of sp³-hybridized carbons (Fsp3) is 0.500. The highest BCUT2D eigenvalue weighted by Gasteiger charge is 2.21. The van der Waals surface area contributed by atoms with Gasteiger partial charge in [0.25, 0.3) is 5.91 Å². The maximum Gasteiger partial charge on any atom is 0.256 e. The Labute approximate surface area is 99.4 Å². The normalized spacial score (nSPS) is 24.4. The number of halogens is 1. The van der Waals surface area contributed by atoms with Gasteiger partial charge in [0.15, 0.2) is 0 Å². The van der Waals surface area contributed by atoms with Crippen LogP contribution in [-0.2, 0) is 0 Å². The number of aromatic nitrogens is 1. The van der Waals surface area contributed by atoms with E-state index in [1.807, 2.05) is 0 Å². The largest absolute Gasteiger partial charge is 0.349 e. The molecule has 0 unspecified atom stereocenters. The van der Waals surface area contributed by atoms with Crippen molar-refractivity contribution in [2.24, 2.45) is 5.73 Å². The van der Waals surface area contributed by atoms with Crippen LogP contribution in [0.2, 0.25) is 0 Å². The molecule has 1 aliphatic carbocycles. The van der Waals surface area contributed by atoms with E-state index >= 15 is 0 Å². The fourth-order valence-electron chi connectivity index (χ4n) is 2.08. The van der Waals surface area contributed by atoms with Crippen LogP contribution in [0.3, 0.4) is 0 Å². The first-order chi connectivity index (χ1) is 8.16. The molecule has 1 aromatic heterocycles. The minimum Gasteiger partial charge on any atom is -0.349 e. The van der Waals surface area contributed by atoms with Gasteiger partial charge in [-0.3, -0.25) is 4.79 Å². The van der Waals surface area contributed by atoms with E-state index in [4.69, 9.17) is 5.73 Å². The Hall–Kier alpha value is -1.49. The topological polar surface area (TPSA) is 68.0 Å². The summed E-state index contributed by atoms with van der Waals surface area (Å²) in [5.41, 5.74) is 5.78. The molecule has 1 saturated carbocycles. The molecule has 0 aliphatic heterocycles. The number of rotatable bonds is 2. The van der Waals surface area contributed by atoms with Gasteiger partial charge in [-0.15, -0.1) is 0 Å². The van der Waals surface area contributed by atoms with Gasteiger partial charge >= 0.3 is 0 Å². The Kier molecular flexibility index (Phi) is 3.68. The molecule has 17 heavy (non-hydrogen) atoms. The second-order valence-electron chi connectivity index (χ2n) is 4.43. The third-order valence-corrected chi connectivity index (χ3v) is 3.11. The standard InChI is InChI=1S/C12H16FN3O/c13-11-10(2-1-7-15-11)12(17)16-9-5-3-8(14)4-6-9/h1-2,7-9H,3-6,14H2,(H,16,17). The molecule has 5 heteroatoms. The molecule has 4 nitrogen and oxygen atoms in total. The third kappa shape index (κ3) is 3.00. The highest BCUT2D eigenvalue weighted by molar-refractivity contribution is 5.94. The van der Waals surface area contributed by atoms with Gasteiger partial charge in [-0.25, -0.2) is 4.98 Å². The molecule has 1 heterocycles. The Bertz CT molecular complexity index is 402. The van der Waals surface area contributed by atoms with Gasteiger partial charge in [0.1, 0.15) is 0 Å². The van der Waals surface area contributed by atoms with Crippen LogP contribution in [0.5, 0.6) is 0 Å². The Balaban J connectivity index is 1.96. The summed E-state index contributed by atoms with van der Waals surface area (Å²) < 4.78 is 13.3. The van der Waals surface area contributed by atoms with E-state index in [1.54, 1.807) is 6.07 Å². The van der Waals surface area contributed by atoms with Gasteiger partial charge in [0.05, 0.1) is 5.56 Å². The molecule has 0 saturated heterocycles. The zero-order valence-electron chi connectivity index (χ0n) is 9.53. The average molecular weight is 237 g/mol. The first-order valence-electron chi connectivity index (χ1n) is 5.84. The minimum absolute atomic E-state index is 0.00220. The van der Waals surface area contributed by atoms with Gasteiger partial charge in [-0.05, 0) is 37.8 Å². The van der Waals surface area contributed by atoms with E-state index in [0.717, 1.165) is 25.7 Å². The third-order valence-electron chi connectivity index (χ3n) is 3.11. The molecule has 1 amide bonds. The maximum absolute atomic E-state index is 13.3. The van der Waals surface area contributed by atoms with E-state index in [0.29, 0.717) is 0 Å². The zero-order chi connectivity index (χ0) is 12.3. The summed E-state index contributed by atoms with van der Waals surface area (Å²) in [7, 11) is 0. The number of pyridine rings is 1. The van der Waals surface area contributed by atoms with E-state index in [-0.39, 0.29) is 17.6 Å². The Morgan fingerprint density at radius 1 is 1.41 bits per heavy atom. The summed E-state index contributed by atoms with van der Waals surface area (Å²) in [5, 5.41) is 2.82. The maximum atomic E-state index is 13.3. The molecule has 0 bridgehead atoms. The summed E-state index contributed by atoms with van der Waals surface area (Å²) in [6.07, 6.45) is 4.84. The lowest BCUT2D eigenvalue weighted by atomic mass is 9.91. The molecule has 1 fully saturated rings. The predicted octanol–water partition coefficient (Wildman–Crippen LogP) is 1.22. The lowest BCUT2D eigenvalue weighted by Gasteiger charge is -2.26. The van der Waals surface area contributed by atoms with Crippen molar-refractivity contribution in [1.29, 1.82) is 0 Å². The SMILES string of the molecule is NC1CCC(NC(=O)c2cccnc2F)CC1. The van der Waals surface area contributed by atoms with Crippen LogP contribution in [0.1, 0.15) is 36.0 Å². The van der Waals surface area contributed by atoms with Crippen LogP contribution < -0.4 is 11.1 Å². The number of carbonyl (C=O) groups excluding carboxylic acids is 1. The number of carbonyl (C=O) groups is 1. The van der Waals surface area contributed by atoms with E-state index < -0.39 is 11.9 Å². The van der Waals surface area contributed by atoms with Crippen molar-refractivity contribution in [3.63, 3.8) is 0 Å². The lowest BCUT2D eigenvalue weighted by Crippen LogP contribution is -2.40. The highest BCUT2D eigenvalue weighted by Crippen LogP contribution is 2.17. The van der Waals surface area contributed by atoms with Gasteiger partial charge in [-0.2, -0.15) is 4.39 Å². The summed E-state index contributed by atoms with van der Waals surface area (Å²) in [5.74, 6) is -1.12. The Morgan fingerprint density at radius 3 is 2.76 bits per heavy atom. The summed E-state index contributed by atoms with van der Waals surface area (Å²) in [6, 6.07) is 3.32. The summed E-state index contributed by atoms with van der Waals surface area (Å²) in [6.45, 7) is 0. The van der Waals surface area contributed by atoms with E-state index in [2.05, 4.69) is 10.3 Å². The average Bonchev–Trinajstić information content (AvgIpc) is 2.32. The van der Waals surface area contributed by atoms with Crippen molar-refractivity contribution >= 4 is 5.91 Å². The van der Waals surface area contributed by atoms with Crippen LogP contribution in [0, 0.1) is 5.95 Å². The lowest BCUT2D eigenvalue weighted by molar-refractivity contribution is 0.0921. The smallest absolute Gasteiger partial charge is 0.256 e. The number of hydrogen-bond donors (Lipinski definition) is 2. The van der Waals surface area contributed by atoms with Crippen LogP contribution >= 0.6 is 0 Å². The molecule has 3 N–H and O–H groups in total. The number of hydrogen-bond acceptors (Lipinski definition) is 3. The summed E-state index contributed by atoms with van der Waals surface area (Å²) in [4.78, 5) is 15.3. The first-order valence-corrected chi connectivity index (χ1v) is 5.84. The van der Waals surface area contributed by atoms with Crippen LogP contribution in [-0.4, -0.2) is 23.0 Å². The van der Waals surface area contributed by atoms with Crippen LogP contribution in [0.4, 0.5) is 4.39 Å². The molecule has 1 aliphatic rings. The van der Waals surface area contributed by atoms with Crippen molar-refractivity contribution in [1.82, 2.24) is 10.3 Å². The minimum atomic E-state index is -0.725. The van der Waals surface area contributed by atoms with Crippen molar-refractivity contribution in [3.8, 4) is 0 Å². The fourth-order valence-corrected chi connectivity index (χ4v) is 2.08.